The third-order valence-electron chi connectivity index (χ3n) is 3.30. The maximum atomic E-state index is 12.4. The van der Waals surface area contributed by atoms with Crippen molar-refractivity contribution in [3.05, 3.63) is 18.5 Å². The first kappa shape index (κ1) is 12.3. The SMILES string of the molecule is CNc1ccncc1S(=O)(=O)N(C)C1CCC1. The third kappa shape index (κ3) is 2.14. The van der Waals surface area contributed by atoms with Crippen molar-refractivity contribution in [3.63, 3.8) is 0 Å². The van der Waals surface area contributed by atoms with Crippen LogP contribution < -0.4 is 5.32 Å². The number of hydrogen-bond donors (Lipinski definition) is 1. The van der Waals surface area contributed by atoms with E-state index in [4.69, 9.17) is 0 Å². The summed E-state index contributed by atoms with van der Waals surface area (Å²) in [5, 5.41) is 2.89. The molecule has 0 aromatic carbocycles. The van der Waals surface area contributed by atoms with E-state index in [9.17, 15) is 8.42 Å². The van der Waals surface area contributed by atoms with Crippen molar-refractivity contribution in [3.8, 4) is 0 Å². The number of aromatic nitrogens is 1. The quantitative estimate of drug-likeness (QED) is 0.880. The van der Waals surface area contributed by atoms with E-state index in [1.54, 1.807) is 26.4 Å². The molecule has 0 radical (unpaired) electrons. The van der Waals surface area contributed by atoms with Gasteiger partial charge in [0, 0.05) is 32.5 Å². The number of sulfonamides is 1. The maximum absolute atomic E-state index is 12.4. The zero-order valence-electron chi connectivity index (χ0n) is 10.0. The summed E-state index contributed by atoms with van der Waals surface area (Å²) in [6.07, 6.45) is 5.98. The molecule has 17 heavy (non-hydrogen) atoms. The molecule has 1 heterocycles. The molecular weight excluding hydrogens is 238 g/mol. The molecule has 1 aromatic heterocycles. The average molecular weight is 255 g/mol. The van der Waals surface area contributed by atoms with Gasteiger partial charge in [-0.15, -0.1) is 0 Å². The Bertz CT molecular complexity index is 497. The molecule has 1 aliphatic rings. The van der Waals surface area contributed by atoms with Crippen LogP contribution in [0.25, 0.3) is 0 Å². The summed E-state index contributed by atoms with van der Waals surface area (Å²) in [6, 6.07) is 1.81. The molecule has 0 aliphatic heterocycles. The van der Waals surface area contributed by atoms with Crippen molar-refractivity contribution in [1.82, 2.24) is 9.29 Å². The highest BCUT2D eigenvalue weighted by Crippen LogP contribution is 2.30. The first-order chi connectivity index (χ1) is 8.07. The summed E-state index contributed by atoms with van der Waals surface area (Å²) in [4.78, 5) is 4.15. The summed E-state index contributed by atoms with van der Waals surface area (Å²) in [5.41, 5.74) is 0.589. The summed E-state index contributed by atoms with van der Waals surface area (Å²) in [7, 11) is -0.0830. The van der Waals surface area contributed by atoms with Gasteiger partial charge in [0.15, 0.2) is 0 Å². The van der Waals surface area contributed by atoms with Crippen LogP contribution in [0, 0.1) is 0 Å². The van der Waals surface area contributed by atoms with Crippen molar-refractivity contribution >= 4 is 15.7 Å². The molecule has 94 valence electrons. The summed E-state index contributed by atoms with van der Waals surface area (Å²) in [6.45, 7) is 0. The van der Waals surface area contributed by atoms with Gasteiger partial charge < -0.3 is 5.32 Å². The highest BCUT2D eigenvalue weighted by molar-refractivity contribution is 7.89. The Hall–Kier alpha value is -1.14. The molecule has 0 amide bonds. The topological polar surface area (TPSA) is 62.3 Å². The molecule has 6 heteroatoms. The summed E-state index contributed by atoms with van der Waals surface area (Å²) in [5.74, 6) is 0. The number of nitrogens with one attached hydrogen (secondary N) is 1. The first-order valence-electron chi connectivity index (χ1n) is 5.67. The van der Waals surface area contributed by atoms with Crippen LogP contribution in [0.5, 0.6) is 0 Å². The van der Waals surface area contributed by atoms with Gasteiger partial charge >= 0.3 is 0 Å². The minimum absolute atomic E-state index is 0.143. The van der Waals surface area contributed by atoms with E-state index < -0.39 is 10.0 Å². The monoisotopic (exact) mass is 255 g/mol. The van der Waals surface area contributed by atoms with E-state index in [-0.39, 0.29) is 10.9 Å². The first-order valence-corrected chi connectivity index (χ1v) is 7.11. The van der Waals surface area contributed by atoms with Gasteiger partial charge in [-0.25, -0.2) is 8.42 Å². The second-order valence-corrected chi connectivity index (χ2v) is 6.19. The molecule has 0 spiro atoms. The van der Waals surface area contributed by atoms with Crippen LogP contribution in [0.15, 0.2) is 23.4 Å². The largest absolute Gasteiger partial charge is 0.387 e. The van der Waals surface area contributed by atoms with Crippen molar-refractivity contribution in [2.75, 3.05) is 19.4 Å². The molecule has 0 atom stereocenters. The molecule has 1 saturated carbocycles. The fraction of sp³-hybridized carbons (Fsp3) is 0.545. The molecule has 0 unspecified atom stereocenters. The van der Waals surface area contributed by atoms with Crippen LogP contribution in [0.3, 0.4) is 0 Å². The van der Waals surface area contributed by atoms with E-state index in [2.05, 4.69) is 10.3 Å². The van der Waals surface area contributed by atoms with Gasteiger partial charge in [-0.3, -0.25) is 4.98 Å². The summed E-state index contributed by atoms with van der Waals surface area (Å²) < 4.78 is 26.3. The Balaban J connectivity index is 2.36. The van der Waals surface area contributed by atoms with Crippen LogP contribution in [0.2, 0.25) is 0 Å². The second-order valence-electron chi connectivity index (χ2n) is 4.23. The van der Waals surface area contributed by atoms with E-state index in [0.717, 1.165) is 19.3 Å². The molecule has 0 saturated heterocycles. The molecule has 0 bridgehead atoms. The van der Waals surface area contributed by atoms with E-state index >= 15 is 0 Å². The zero-order chi connectivity index (χ0) is 12.5. The Morgan fingerprint density at radius 2 is 2.18 bits per heavy atom. The smallest absolute Gasteiger partial charge is 0.246 e. The van der Waals surface area contributed by atoms with Crippen LogP contribution in [0.1, 0.15) is 19.3 Å². The molecular formula is C11H17N3O2S. The van der Waals surface area contributed by atoms with Crippen LogP contribution >= 0.6 is 0 Å². The highest BCUT2D eigenvalue weighted by atomic mass is 32.2. The fourth-order valence-electron chi connectivity index (χ4n) is 1.89. The number of hydrogen-bond acceptors (Lipinski definition) is 4. The number of anilines is 1. The van der Waals surface area contributed by atoms with E-state index in [0.29, 0.717) is 5.69 Å². The lowest BCUT2D eigenvalue weighted by molar-refractivity contribution is 0.249. The Morgan fingerprint density at radius 1 is 1.47 bits per heavy atom. The second kappa shape index (κ2) is 4.62. The average Bonchev–Trinajstić information content (AvgIpc) is 2.26. The number of pyridine rings is 1. The Labute approximate surface area is 102 Å². The van der Waals surface area contributed by atoms with Gasteiger partial charge in [-0.1, -0.05) is 6.42 Å². The summed E-state index contributed by atoms with van der Waals surface area (Å²) >= 11 is 0. The Morgan fingerprint density at radius 3 is 2.71 bits per heavy atom. The Kier molecular flexibility index (Phi) is 3.35. The van der Waals surface area contributed by atoms with E-state index in [1.165, 1.54) is 10.5 Å². The molecule has 5 nitrogen and oxygen atoms in total. The number of rotatable bonds is 4. The van der Waals surface area contributed by atoms with Crippen LogP contribution in [-0.2, 0) is 10.0 Å². The molecule has 1 fully saturated rings. The van der Waals surface area contributed by atoms with E-state index in [1.807, 2.05) is 0 Å². The maximum Gasteiger partial charge on any atom is 0.246 e. The predicted molar refractivity (Wildman–Crippen MR) is 66.4 cm³/mol. The normalized spacial score (nSPS) is 16.9. The zero-order valence-corrected chi connectivity index (χ0v) is 10.9. The van der Waals surface area contributed by atoms with Crippen molar-refractivity contribution in [1.29, 1.82) is 0 Å². The van der Waals surface area contributed by atoms with Gasteiger partial charge in [0.2, 0.25) is 10.0 Å². The van der Waals surface area contributed by atoms with Gasteiger partial charge in [-0.05, 0) is 18.9 Å². The minimum atomic E-state index is -3.43. The van der Waals surface area contributed by atoms with Gasteiger partial charge in [-0.2, -0.15) is 4.31 Å². The lowest BCUT2D eigenvalue weighted by Gasteiger charge is -2.34. The van der Waals surface area contributed by atoms with Crippen molar-refractivity contribution in [2.45, 2.75) is 30.2 Å². The van der Waals surface area contributed by atoms with Gasteiger partial charge in [0.05, 0.1) is 5.69 Å². The van der Waals surface area contributed by atoms with Crippen LogP contribution in [-0.4, -0.2) is 37.8 Å². The molecule has 1 N–H and O–H groups in total. The lowest BCUT2D eigenvalue weighted by atomic mass is 9.94. The van der Waals surface area contributed by atoms with Crippen molar-refractivity contribution in [2.24, 2.45) is 0 Å². The standard InChI is InChI=1S/C11H17N3O2S/c1-12-10-6-7-13-8-11(10)17(15,16)14(2)9-4-3-5-9/h6-9H,3-5H2,1-2H3,(H,12,13). The highest BCUT2D eigenvalue weighted by Gasteiger charge is 2.33. The van der Waals surface area contributed by atoms with Gasteiger partial charge in [0.1, 0.15) is 4.90 Å². The number of nitrogens with zero attached hydrogens (tertiary/aromatic N) is 2. The molecule has 1 aliphatic carbocycles. The predicted octanol–water partition coefficient (Wildman–Crippen LogP) is 1.30. The van der Waals surface area contributed by atoms with Gasteiger partial charge in [0.25, 0.3) is 0 Å². The molecule has 1 aromatic rings. The molecule has 2 rings (SSSR count). The third-order valence-corrected chi connectivity index (χ3v) is 5.24. The lowest BCUT2D eigenvalue weighted by Crippen LogP contribution is -2.41. The van der Waals surface area contributed by atoms with Crippen molar-refractivity contribution < 1.29 is 8.42 Å². The minimum Gasteiger partial charge on any atom is -0.387 e. The fourth-order valence-corrected chi connectivity index (χ4v) is 3.45. The van der Waals surface area contributed by atoms with Crippen LogP contribution in [0.4, 0.5) is 5.69 Å².